The van der Waals surface area contributed by atoms with E-state index in [1.54, 1.807) is 0 Å². The van der Waals surface area contributed by atoms with Gasteiger partial charge in [-0.15, -0.1) is 0 Å². The lowest BCUT2D eigenvalue weighted by Crippen LogP contribution is -2.36. The van der Waals surface area contributed by atoms with Gasteiger partial charge in [0, 0.05) is 164 Å². The molecule has 64 heavy (non-hydrogen) atoms. The Morgan fingerprint density at radius 2 is 0.719 bits per heavy atom. The zero-order chi connectivity index (χ0) is 45.8. The second-order valence-electron chi connectivity index (χ2n) is 18.5. The Morgan fingerprint density at radius 3 is 1.02 bits per heavy atom. The molecule has 2 heterocycles. The Morgan fingerprint density at radius 1 is 0.406 bits per heavy atom. The Bertz CT molecular complexity index is 2210. The van der Waals surface area contributed by atoms with Crippen LogP contribution in [-0.2, 0) is 22.7 Å². The van der Waals surface area contributed by atoms with E-state index in [0.717, 1.165) is 77.5 Å². The fraction of sp³-hybridized carbons (Fsp3) is 0.472. The lowest BCUT2D eigenvalue weighted by molar-refractivity contribution is -0.646. The van der Waals surface area contributed by atoms with Crippen LogP contribution in [-0.4, -0.2) is 106 Å². The van der Waals surface area contributed by atoms with Gasteiger partial charge in [-0.2, -0.15) is 9.13 Å². The van der Waals surface area contributed by atoms with Crippen molar-refractivity contribution >= 4 is 78.2 Å². The van der Waals surface area contributed by atoms with Gasteiger partial charge in [0.1, 0.15) is 13.1 Å². The maximum absolute atomic E-state index is 12.7. The van der Waals surface area contributed by atoms with Crippen LogP contribution in [0, 0.1) is 0 Å². The number of benzene rings is 4. The Hall–Kier alpha value is -5.68. The number of unbranched alkanes of at least 4 members (excludes halogenated alkanes) is 4. The molecule has 2 amide bonds. The summed E-state index contributed by atoms with van der Waals surface area (Å²) in [5.41, 5.74) is 9.71. The van der Waals surface area contributed by atoms with Crippen molar-refractivity contribution in [1.82, 2.24) is 15.5 Å². The molecule has 0 aliphatic carbocycles. The summed E-state index contributed by atoms with van der Waals surface area (Å²) in [6.45, 7) is 4.99. The molecule has 6 aromatic rings. The molecule has 11 heteroatoms. The predicted molar refractivity (Wildman–Crippen MR) is 270 cm³/mol. The van der Waals surface area contributed by atoms with Crippen molar-refractivity contribution in [2.75, 3.05) is 109 Å². The summed E-state index contributed by atoms with van der Waals surface area (Å²) >= 11 is 0. The van der Waals surface area contributed by atoms with Crippen LogP contribution in [0.25, 0.3) is 43.6 Å². The molecule has 4 aromatic carbocycles. The highest BCUT2D eigenvalue weighted by atomic mass is 16.2. The molecule has 2 N–H and O–H groups in total. The van der Waals surface area contributed by atoms with Gasteiger partial charge in [-0.05, 0) is 119 Å². The Kier molecular flexibility index (Phi) is 17.0. The standard InChI is InChI=1S/C53H73N9O2/c1-56(2)44-24-20-40-34-41-21-25-45(57(3)4)37-49(41)61(48(40)36-44)32-14-10-12-18-52(63)54-28-16-30-60(9)31-17-29-55-53(64)19-13-11-15-33-62-50-38-46(58(5)6)26-22-42(50)35-43-23-27-47(59(7)8)39-51(43)62/h20-27,34-39H,10-19,28-33H2,1-9H3/p+2. The number of aryl methyl sites for hydroxylation is 2. The molecule has 0 aliphatic rings. The van der Waals surface area contributed by atoms with E-state index in [1.807, 2.05) is 0 Å². The minimum Gasteiger partial charge on any atom is -0.377 e. The van der Waals surface area contributed by atoms with E-state index in [-0.39, 0.29) is 11.8 Å². The number of nitrogens with one attached hydrogen (secondary N) is 2. The van der Waals surface area contributed by atoms with Crippen LogP contribution in [0.5, 0.6) is 0 Å². The van der Waals surface area contributed by atoms with E-state index in [2.05, 4.69) is 193 Å². The summed E-state index contributed by atoms with van der Waals surface area (Å²) in [4.78, 5) is 36.3. The molecule has 0 bridgehead atoms. The van der Waals surface area contributed by atoms with Gasteiger partial charge >= 0.3 is 0 Å². The Balaban J connectivity index is 0.842. The quantitative estimate of drug-likeness (QED) is 0.0364. The lowest BCUT2D eigenvalue weighted by atomic mass is 10.1. The first kappa shape index (κ1) is 47.8. The number of fused-ring (bicyclic) bond motifs is 4. The lowest BCUT2D eigenvalue weighted by Gasteiger charge is -2.17. The van der Waals surface area contributed by atoms with E-state index >= 15 is 0 Å². The van der Waals surface area contributed by atoms with Gasteiger partial charge in [-0.3, -0.25) is 9.59 Å². The van der Waals surface area contributed by atoms with Crippen LogP contribution in [0.15, 0.2) is 84.9 Å². The van der Waals surface area contributed by atoms with Crippen LogP contribution in [0.3, 0.4) is 0 Å². The predicted octanol–water partition coefficient (Wildman–Crippen LogP) is 7.90. The number of amides is 2. The molecule has 11 nitrogen and oxygen atoms in total. The van der Waals surface area contributed by atoms with Crippen molar-refractivity contribution in [2.24, 2.45) is 0 Å². The molecule has 342 valence electrons. The maximum Gasteiger partial charge on any atom is 0.219 e. The largest absolute Gasteiger partial charge is 0.377 e. The fourth-order valence-corrected chi connectivity index (χ4v) is 8.65. The van der Waals surface area contributed by atoms with Crippen molar-refractivity contribution in [3.63, 3.8) is 0 Å². The van der Waals surface area contributed by atoms with Gasteiger partial charge in [-0.25, -0.2) is 0 Å². The second-order valence-corrected chi connectivity index (χ2v) is 18.5. The number of carbonyl (C=O) groups excluding carboxylic acids is 2. The van der Waals surface area contributed by atoms with Gasteiger partial charge in [0.25, 0.3) is 0 Å². The van der Waals surface area contributed by atoms with Crippen molar-refractivity contribution < 1.29 is 18.7 Å². The average molecular weight is 870 g/mol. The van der Waals surface area contributed by atoms with Crippen molar-refractivity contribution in [2.45, 2.75) is 77.3 Å². The van der Waals surface area contributed by atoms with E-state index in [1.165, 1.54) is 66.4 Å². The third-order valence-electron chi connectivity index (χ3n) is 12.6. The third-order valence-corrected chi connectivity index (χ3v) is 12.6. The zero-order valence-electron chi connectivity index (χ0n) is 40.3. The van der Waals surface area contributed by atoms with Gasteiger partial charge in [0.2, 0.25) is 33.9 Å². The van der Waals surface area contributed by atoms with Gasteiger partial charge < -0.3 is 35.1 Å². The number of carbonyl (C=O) groups is 2. The van der Waals surface area contributed by atoms with Crippen LogP contribution in [0.2, 0.25) is 0 Å². The summed E-state index contributed by atoms with van der Waals surface area (Å²) in [6.07, 6.45) is 8.70. The second kappa shape index (κ2) is 22.8. The highest BCUT2D eigenvalue weighted by molar-refractivity contribution is 5.92. The van der Waals surface area contributed by atoms with Crippen LogP contribution in [0.1, 0.15) is 64.2 Å². The molecule has 2 aromatic heterocycles. The number of pyridine rings is 2. The Labute approximate surface area is 382 Å². The van der Waals surface area contributed by atoms with E-state index in [4.69, 9.17) is 0 Å². The molecule has 0 radical (unpaired) electrons. The normalized spacial score (nSPS) is 11.5. The van der Waals surface area contributed by atoms with Gasteiger partial charge in [0.05, 0.1) is 0 Å². The van der Waals surface area contributed by atoms with E-state index < -0.39 is 0 Å². The molecule has 0 aliphatic heterocycles. The van der Waals surface area contributed by atoms with Crippen molar-refractivity contribution in [3.05, 3.63) is 84.9 Å². The van der Waals surface area contributed by atoms with Crippen LogP contribution < -0.4 is 39.4 Å². The summed E-state index contributed by atoms with van der Waals surface area (Å²) in [5.74, 6) is 0.274. The first-order valence-corrected chi connectivity index (χ1v) is 23.5. The topological polar surface area (TPSA) is 82.2 Å². The molecule has 0 saturated heterocycles. The SMILES string of the molecule is CN(CCCNC(=O)CCCCC[n+]1c2cc(N(C)C)ccc2cc2ccc(N(C)C)cc21)CCCNC(=O)CCCCC[n+]1c2cc(N(C)C)ccc2cc2ccc(N(C)C)cc21. The number of nitrogens with zero attached hydrogens (tertiary/aromatic N) is 7. The first-order chi connectivity index (χ1) is 30.8. The summed E-state index contributed by atoms with van der Waals surface area (Å²) in [5, 5.41) is 11.2. The number of anilines is 4. The molecule has 0 spiro atoms. The summed E-state index contributed by atoms with van der Waals surface area (Å²) < 4.78 is 4.93. The fourth-order valence-electron chi connectivity index (χ4n) is 8.65. The van der Waals surface area contributed by atoms with Crippen molar-refractivity contribution in [1.29, 1.82) is 0 Å². The highest BCUT2D eigenvalue weighted by Crippen LogP contribution is 2.27. The molecular formula is C53H75N9O2+2. The van der Waals surface area contributed by atoms with E-state index in [0.29, 0.717) is 25.9 Å². The van der Waals surface area contributed by atoms with Crippen molar-refractivity contribution in [3.8, 4) is 0 Å². The number of rotatable bonds is 24. The number of hydrogen-bond donors (Lipinski definition) is 2. The monoisotopic (exact) mass is 870 g/mol. The van der Waals surface area contributed by atoms with Crippen LogP contribution in [0.4, 0.5) is 22.7 Å². The minimum absolute atomic E-state index is 0.137. The molecule has 0 atom stereocenters. The minimum atomic E-state index is 0.137. The van der Waals surface area contributed by atoms with Gasteiger partial charge in [-0.1, -0.05) is 0 Å². The zero-order valence-corrected chi connectivity index (χ0v) is 40.3. The summed E-state index contributed by atoms with van der Waals surface area (Å²) in [7, 11) is 18.8. The first-order valence-electron chi connectivity index (χ1n) is 23.5. The number of hydrogen-bond acceptors (Lipinski definition) is 7. The molecule has 0 unspecified atom stereocenters. The number of aromatic nitrogens is 2. The third kappa shape index (κ3) is 12.7. The molecule has 0 fully saturated rings. The van der Waals surface area contributed by atoms with E-state index in [9.17, 15) is 9.59 Å². The average Bonchev–Trinajstić information content (AvgIpc) is 3.27. The van der Waals surface area contributed by atoms with Crippen LogP contribution >= 0.6 is 0 Å². The highest BCUT2D eigenvalue weighted by Gasteiger charge is 2.20. The molecule has 0 saturated carbocycles. The molecular weight excluding hydrogens is 795 g/mol. The smallest absolute Gasteiger partial charge is 0.219 e. The molecule has 6 rings (SSSR count). The summed E-state index contributed by atoms with van der Waals surface area (Å²) in [6, 6.07) is 31.4. The van der Waals surface area contributed by atoms with Gasteiger partial charge in [0.15, 0.2) is 0 Å². The maximum atomic E-state index is 12.7.